The van der Waals surface area contributed by atoms with E-state index in [-0.39, 0.29) is 0 Å². The largest absolute Gasteiger partial charge is 0.741 e. The zero-order valence-electron chi connectivity index (χ0n) is 12.5. The zero-order valence-corrected chi connectivity index (χ0v) is 14.1. The molecule has 10 heteroatoms. The molecule has 0 unspecified atom stereocenters. The van der Waals surface area contributed by atoms with Crippen molar-refractivity contribution < 1.29 is 35.6 Å². The van der Waals surface area contributed by atoms with Crippen LogP contribution in [-0.4, -0.2) is 48.3 Å². The highest BCUT2D eigenvalue weighted by atomic mass is 32.2. The molecule has 1 aromatic carbocycles. The standard InChI is InChI=1S/C12H16O2S.CHF3O3S/c1-9-7-11(8-10(2)12(9)13)14-3-5-15-6-4-14;2-1(3,4)8(5,6)7/h7-8H,3-6H2,1-2H3;(H,5,6,7). The topological polar surface area (TPSA) is 80.1 Å². The first-order valence-corrected chi connectivity index (χ1v) is 9.07. The molecule has 1 fully saturated rings. The first kappa shape index (κ1) is 19.9. The quantitative estimate of drug-likeness (QED) is 0.464. The Labute approximate surface area is 136 Å². The Hall–Kier alpha value is -1.13. The summed E-state index contributed by atoms with van der Waals surface area (Å²) in [5, 5.41) is 9.70. The number of halogens is 3. The SMILES string of the molecule is Cc1cc([O+]2CCSCC2)cc(C)c1O.O=S(=O)([O-])C(F)(F)F. The molecule has 1 aromatic rings. The summed E-state index contributed by atoms with van der Waals surface area (Å²) in [6.45, 7) is 5.97. The first-order chi connectivity index (χ1) is 10.4. The minimum Gasteiger partial charge on any atom is -0.741 e. The van der Waals surface area contributed by atoms with Gasteiger partial charge in [-0.25, -0.2) is 8.42 Å². The summed E-state index contributed by atoms with van der Waals surface area (Å²) < 4.78 is 62.1. The number of hydrogen-bond acceptors (Lipinski definition) is 5. The van der Waals surface area contributed by atoms with E-state index < -0.39 is 15.6 Å². The number of thioether (sulfide) groups is 1. The number of hydrogen-bond donors (Lipinski definition) is 1. The first-order valence-electron chi connectivity index (χ1n) is 6.51. The monoisotopic (exact) mass is 374 g/mol. The molecule has 1 aliphatic rings. The Morgan fingerprint density at radius 2 is 1.57 bits per heavy atom. The predicted molar refractivity (Wildman–Crippen MR) is 80.9 cm³/mol. The average Bonchev–Trinajstić information content (AvgIpc) is 2.44. The van der Waals surface area contributed by atoms with Gasteiger partial charge in [0.2, 0.25) is 0 Å². The van der Waals surface area contributed by atoms with E-state index in [1.807, 2.05) is 37.7 Å². The van der Waals surface area contributed by atoms with Crippen LogP contribution in [0.25, 0.3) is 0 Å². The van der Waals surface area contributed by atoms with Crippen molar-refractivity contribution >= 4 is 21.9 Å². The van der Waals surface area contributed by atoms with Crippen LogP contribution in [0.2, 0.25) is 0 Å². The van der Waals surface area contributed by atoms with Crippen molar-refractivity contribution in [3.8, 4) is 11.5 Å². The third kappa shape index (κ3) is 5.78. The number of phenolic OH excluding ortho intramolecular Hbond substituents is 1. The molecule has 0 aliphatic carbocycles. The molecule has 2 rings (SSSR count). The van der Waals surface area contributed by atoms with E-state index in [0.29, 0.717) is 5.75 Å². The lowest BCUT2D eigenvalue weighted by molar-refractivity contribution is -0.0517. The maximum absolute atomic E-state index is 10.7. The van der Waals surface area contributed by atoms with Crippen LogP contribution in [0.3, 0.4) is 0 Å². The van der Waals surface area contributed by atoms with Crippen LogP contribution in [0.4, 0.5) is 13.2 Å². The van der Waals surface area contributed by atoms with Gasteiger partial charge in [0.25, 0.3) is 5.75 Å². The van der Waals surface area contributed by atoms with Gasteiger partial charge in [0.1, 0.15) is 5.75 Å². The van der Waals surface area contributed by atoms with Gasteiger partial charge in [0.15, 0.2) is 23.3 Å². The van der Waals surface area contributed by atoms with Gasteiger partial charge in [0, 0.05) is 23.3 Å². The number of aromatic hydroxyl groups is 1. The van der Waals surface area contributed by atoms with Crippen LogP contribution in [0.5, 0.6) is 11.5 Å². The second-order valence-electron chi connectivity index (χ2n) is 4.82. The molecule has 132 valence electrons. The Morgan fingerprint density at radius 1 is 1.17 bits per heavy atom. The van der Waals surface area contributed by atoms with Crippen LogP contribution < -0.4 is 0 Å². The second-order valence-corrected chi connectivity index (χ2v) is 7.41. The molecule has 0 spiro atoms. The molecule has 0 aromatic heterocycles. The molecule has 1 heterocycles. The van der Waals surface area contributed by atoms with Crippen LogP contribution in [0.15, 0.2) is 12.1 Å². The lowest BCUT2D eigenvalue weighted by Crippen LogP contribution is -2.21. The molecule has 0 amide bonds. The molecule has 0 saturated carbocycles. The number of benzene rings is 1. The van der Waals surface area contributed by atoms with Gasteiger partial charge in [-0.15, -0.1) is 11.8 Å². The lowest BCUT2D eigenvalue weighted by Gasteiger charge is -2.28. The number of phenols is 1. The highest BCUT2D eigenvalue weighted by molar-refractivity contribution is 7.99. The maximum atomic E-state index is 10.7. The number of rotatable bonds is 1. The van der Waals surface area contributed by atoms with Crippen molar-refractivity contribution in [3.05, 3.63) is 23.3 Å². The van der Waals surface area contributed by atoms with E-state index in [1.54, 1.807) is 0 Å². The van der Waals surface area contributed by atoms with Crippen LogP contribution in [0.1, 0.15) is 11.1 Å². The maximum Gasteiger partial charge on any atom is 0.485 e. The number of aryl methyl sites for hydroxylation is 2. The summed E-state index contributed by atoms with van der Waals surface area (Å²) in [5.41, 5.74) is -3.74. The van der Waals surface area contributed by atoms with Crippen molar-refractivity contribution in [2.75, 3.05) is 24.7 Å². The Kier molecular flexibility index (Phi) is 6.60. The average molecular weight is 374 g/mol. The summed E-state index contributed by atoms with van der Waals surface area (Å²) in [5.74, 6) is 3.93. The van der Waals surface area contributed by atoms with E-state index in [0.717, 1.165) is 24.3 Å². The number of alkyl halides is 3. The predicted octanol–water partition coefficient (Wildman–Crippen LogP) is 3.07. The molecule has 1 N–H and O–H groups in total. The third-order valence-electron chi connectivity index (χ3n) is 3.03. The van der Waals surface area contributed by atoms with Crippen LogP contribution in [-0.2, 0) is 14.5 Å². The van der Waals surface area contributed by atoms with Crippen molar-refractivity contribution in [1.29, 1.82) is 0 Å². The molecular formula is C13H17F3O5S2. The minimum absolute atomic E-state index is 0.422. The zero-order chi connectivity index (χ0) is 17.8. The van der Waals surface area contributed by atoms with Crippen molar-refractivity contribution in [1.82, 2.24) is 0 Å². The summed E-state index contributed by atoms with van der Waals surface area (Å²) in [4.78, 5) is 0. The summed E-state index contributed by atoms with van der Waals surface area (Å²) in [6.07, 6.45) is 0. The molecule has 0 atom stereocenters. The lowest BCUT2D eigenvalue weighted by atomic mass is 10.1. The summed E-state index contributed by atoms with van der Waals surface area (Å²) >= 11 is 1.99. The molecular weight excluding hydrogens is 357 g/mol. The van der Waals surface area contributed by atoms with Gasteiger partial charge in [-0.1, -0.05) is 0 Å². The van der Waals surface area contributed by atoms with Crippen molar-refractivity contribution in [2.45, 2.75) is 19.4 Å². The van der Waals surface area contributed by atoms with Gasteiger partial charge in [-0.05, 0) is 13.8 Å². The summed E-state index contributed by atoms with van der Waals surface area (Å²) in [6, 6.07) is 4.09. The van der Waals surface area contributed by atoms with Gasteiger partial charge >= 0.3 is 5.51 Å². The van der Waals surface area contributed by atoms with Gasteiger partial charge in [-0.2, -0.15) is 13.2 Å². The normalized spacial score (nSPS) is 15.8. The van der Waals surface area contributed by atoms with Gasteiger partial charge in [0.05, 0.1) is 11.5 Å². The van der Waals surface area contributed by atoms with Crippen LogP contribution in [0, 0.1) is 13.8 Å². The molecule has 0 radical (unpaired) electrons. The van der Waals surface area contributed by atoms with Crippen molar-refractivity contribution in [3.63, 3.8) is 0 Å². The second kappa shape index (κ2) is 7.63. The van der Waals surface area contributed by atoms with E-state index in [2.05, 4.69) is 4.37 Å². The summed E-state index contributed by atoms with van der Waals surface area (Å²) in [7, 11) is -6.09. The molecule has 5 nitrogen and oxygen atoms in total. The van der Waals surface area contributed by atoms with E-state index >= 15 is 0 Å². The van der Waals surface area contributed by atoms with E-state index in [4.69, 9.17) is 13.0 Å². The van der Waals surface area contributed by atoms with Gasteiger partial charge < -0.3 is 14.0 Å². The molecule has 0 bridgehead atoms. The fourth-order valence-corrected chi connectivity index (χ4v) is 2.68. The Balaban J connectivity index is 0.000000284. The highest BCUT2D eigenvalue weighted by Crippen LogP contribution is 2.34. The van der Waals surface area contributed by atoms with Crippen LogP contribution >= 0.6 is 11.8 Å². The highest BCUT2D eigenvalue weighted by Gasteiger charge is 2.36. The van der Waals surface area contributed by atoms with E-state index in [9.17, 15) is 18.3 Å². The smallest absolute Gasteiger partial charge is 0.485 e. The molecule has 1 saturated heterocycles. The Morgan fingerprint density at radius 3 is 1.91 bits per heavy atom. The minimum atomic E-state index is -6.09. The Bertz CT molecular complexity index is 614. The molecule has 23 heavy (non-hydrogen) atoms. The fourth-order valence-electron chi connectivity index (χ4n) is 1.84. The van der Waals surface area contributed by atoms with Crippen molar-refractivity contribution in [2.24, 2.45) is 0 Å². The third-order valence-corrected chi connectivity index (χ3v) is 4.51. The molecule has 1 aliphatic heterocycles. The fraction of sp³-hybridized carbons (Fsp3) is 0.538. The van der Waals surface area contributed by atoms with Gasteiger partial charge in [-0.3, -0.25) is 0 Å². The van der Waals surface area contributed by atoms with E-state index in [1.165, 1.54) is 17.3 Å².